The molecule has 3 unspecified atom stereocenters. The molecular formula is C9H10O2. The predicted octanol–water partition coefficient (Wildman–Crippen LogP) is 1.45. The van der Waals surface area contributed by atoms with Crippen LogP contribution in [0, 0.1) is 17.8 Å². The van der Waals surface area contributed by atoms with E-state index >= 15 is 0 Å². The van der Waals surface area contributed by atoms with E-state index in [0.29, 0.717) is 0 Å². The number of carbonyl (C=O) groups is 1. The van der Waals surface area contributed by atoms with Crippen molar-refractivity contribution in [3.63, 3.8) is 0 Å². The van der Waals surface area contributed by atoms with Crippen molar-refractivity contribution >= 4 is 5.97 Å². The largest absolute Gasteiger partial charge is 0.481 e. The molecule has 0 fully saturated rings. The van der Waals surface area contributed by atoms with Crippen molar-refractivity contribution < 1.29 is 9.90 Å². The van der Waals surface area contributed by atoms with Gasteiger partial charge in [0.15, 0.2) is 0 Å². The standard InChI is InChI=1S/C9H10O2/c10-9(11)8-6-2-1-3-7(8)5-4-6/h1-2,4-8H,3H2,(H,10,11). The Labute approximate surface area is 65.2 Å². The van der Waals surface area contributed by atoms with Crippen molar-refractivity contribution in [2.45, 2.75) is 6.42 Å². The lowest BCUT2D eigenvalue weighted by molar-refractivity contribution is -0.143. The first-order chi connectivity index (χ1) is 5.29. The van der Waals surface area contributed by atoms with E-state index in [2.05, 4.69) is 6.08 Å². The van der Waals surface area contributed by atoms with Gasteiger partial charge in [0.25, 0.3) is 0 Å². The van der Waals surface area contributed by atoms with Crippen LogP contribution in [0.3, 0.4) is 0 Å². The minimum absolute atomic E-state index is 0.159. The van der Waals surface area contributed by atoms with Crippen LogP contribution < -0.4 is 0 Å². The molecule has 0 radical (unpaired) electrons. The van der Waals surface area contributed by atoms with Gasteiger partial charge in [-0.2, -0.15) is 0 Å². The molecule has 0 aromatic heterocycles. The summed E-state index contributed by atoms with van der Waals surface area (Å²) >= 11 is 0. The quantitative estimate of drug-likeness (QED) is 0.574. The highest BCUT2D eigenvalue weighted by atomic mass is 16.4. The zero-order valence-electron chi connectivity index (χ0n) is 6.10. The van der Waals surface area contributed by atoms with Crippen LogP contribution in [-0.2, 0) is 4.79 Å². The second-order valence-corrected chi connectivity index (χ2v) is 3.15. The Morgan fingerprint density at radius 3 is 2.73 bits per heavy atom. The fraction of sp³-hybridized carbons (Fsp3) is 0.444. The van der Waals surface area contributed by atoms with Crippen molar-refractivity contribution in [1.82, 2.24) is 0 Å². The molecule has 2 rings (SSSR count). The Morgan fingerprint density at radius 2 is 2.18 bits per heavy atom. The second-order valence-electron chi connectivity index (χ2n) is 3.15. The minimum Gasteiger partial charge on any atom is -0.481 e. The van der Waals surface area contributed by atoms with Gasteiger partial charge in [0.2, 0.25) is 0 Å². The third kappa shape index (κ3) is 0.897. The molecule has 2 bridgehead atoms. The van der Waals surface area contributed by atoms with E-state index in [1.165, 1.54) is 0 Å². The number of hydrogen-bond acceptors (Lipinski definition) is 1. The summed E-state index contributed by atoms with van der Waals surface area (Å²) in [6.45, 7) is 0. The van der Waals surface area contributed by atoms with E-state index in [1.807, 2.05) is 18.2 Å². The third-order valence-corrected chi connectivity index (χ3v) is 2.51. The zero-order valence-corrected chi connectivity index (χ0v) is 6.10. The van der Waals surface area contributed by atoms with Crippen molar-refractivity contribution in [3.8, 4) is 0 Å². The van der Waals surface area contributed by atoms with Gasteiger partial charge < -0.3 is 5.11 Å². The third-order valence-electron chi connectivity index (χ3n) is 2.51. The lowest BCUT2D eigenvalue weighted by Gasteiger charge is -2.21. The lowest BCUT2D eigenvalue weighted by atomic mass is 9.82. The maximum Gasteiger partial charge on any atom is 0.308 e. The normalized spacial score (nSPS) is 39.5. The smallest absolute Gasteiger partial charge is 0.308 e. The van der Waals surface area contributed by atoms with E-state index in [-0.39, 0.29) is 17.8 Å². The first-order valence-corrected chi connectivity index (χ1v) is 3.87. The topological polar surface area (TPSA) is 37.3 Å². The number of carboxylic acids is 1. The molecule has 1 N–H and O–H groups in total. The molecule has 3 atom stereocenters. The van der Waals surface area contributed by atoms with Gasteiger partial charge in [0, 0.05) is 5.92 Å². The average molecular weight is 150 g/mol. The van der Waals surface area contributed by atoms with Crippen molar-refractivity contribution in [3.05, 3.63) is 24.3 Å². The highest BCUT2D eigenvalue weighted by molar-refractivity contribution is 5.73. The number of allylic oxidation sites excluding steroid dienone is 4. The molecule has 0 saturated heterocycles. The van der Waals surface area contributed by atoms with Crippen molar-refractivity contribution in [2.75, 3.05) is 0 Å². The predicted molar refractivity (Wildman–Crippen MR) is 41.0 cm³/mol. The Hall–Kier alpha value is -1.05. The van der Waals surface area contributed by atoms with Crippen molar-refractivity contribution in [1.29, 1.82) is 0 Å². The van der Waals surface area contributed by atoms with Gasteiger partial charge in [-0.25, -0.2) is 0 Å². The fourth-order valence-corrected chi connectivity index (χ4v) is 1.95. The molecule has 0 aromatic carbocycles. The summed E-state index contributed by atoms with van der Waals surface area (Å²) in [4.78, 5) is 10.7. The molecule has 0 saturated carbocycles. The first kappa shape index (κ1) is 6.65. The molecule has 0 amide bonds. The maximum atomic E-state index is 10.7. The summed E-state index contributed by atoms with van der Waals surface area (Å²) in [5, 5.41) is 8.85. The molecule has 0 aliphatic heterocycles. The number of fused-ring (bicyclic) bond motifs is 2. The van der Waals surface area contributed by atoms with Crippen LogP contribution in [0.4, 0.5) is 0 Å². The van der Waals surface area contributed by atoms with Gasteiger partial charge in [-0.15, -0.1) is 0 Å². The Morgan fingerprint density at radius 1 is 1.36 bits per heavy atom. The summed E-state index contributed by atoms with van der Waals surface area (Å²) in [6.07, 6.45) is 9.01. The van der Waals surface area contributed by atoms with E-state index in [9.17, 15) is 4.79 Å². The summed E-state index contributed by atoms with van der Waals surface area (Å²) in [7, 11) is 0. The summed E-state index contributed by atoms with van der Waals surface area (Å²) in [5.41, 5.74) is 0. The van der Waals surface area contributed by atoms with Gasteiger partial charge in [0.1, 0.15) is 0 Å². The molecule has 0 heterocycles. The molecular weight excluding hydrogens is 140 g/mol. The van der Waals surface area contributed by atoms with Crippen molar-refractivity contribution in [2.24, 2.45) is 17.8 Å². The maximum absolute atomic E-state index is 10.7. The molecule has 11 heavy (non-hydrogen) atoms. The lowest BCUT2D eigenvalue weighted by Crippen LogP contribution is -2.26. The van der Waals surface area contributed by atoms with Crippen LogP contribution in [0.1, 0.15) is 6.42 Å². The summed E-state index contributed by atoms with van der Waals surface area (Å²) < 4.78 is 0. The van der Waals surface area contributed by atoms with Crippen LogP contribution in [-0.4, -0.2) is 11.1 Å². The molecule has 2 aliphatic carbocycles. The highest BCUT2D eigenvalue weighted by Crippen LogP contribution is 2.37. The van der Waals surface area contributed by atoms with Crippen LogP contribution in [0.2, 0.25) is 0 Å². The summed E-state index contributed by atoms with van der Waals surface area (Å²) in [5.74, 6) is -0.428. The van der Waals surface area contributed by atoms with Crippen LogP contribution in [0.15, 0.2) is 24.3 Å². The molecule has 58 valence electrons. The fourth-order valence-electron chi connectivity index (χ4n) is 1.95. The van der Waals surface area contributed by atoms with Crippen LogP contribution in [0.25, 0.3) is 0 Å². The monoisotopic (exact) mass is 150 g/mol. The van der Waals surface area contributed by atoms with E-state index in [0.717, 1.165) is 6.42 Å². The molecule has 2 nitrogen and oxygen atoms in total. The Balaban J connectivity index is 2.28. The van der Waals surface area contributed by atoms with Crippen LogP contribution in [0.5, 0.6) is 0 Å². The van der Waals surface area contributed by atoms with Gasteiger partial charge in [0.05, 0.1) is 5.92 Å². The highest BCUT2D eigenvalue weighted by Gasteiger charge is 2.37. The molecule has 2 aliphatic rings. The minimum atomic E-state index is -0.658. The molecule has 2 heteroatoms. The van der Waals surface area contributed by atoms with Gasteiger partial charge >= 0.3 is 5.97 Å². The Bertz CT molecular complexity index is 238. The molecule has 0 spiro atoms. The second kappa shape index (κ2) is 2.22. The summed E-state index contributed by atoms with van der Waals surface area (Å²) in [6, 6.07) is 0. The molecule has 0 aromatic rings. The van der Waals surface area contributed by atoms with Gasteiger partial charge in [-0.3, -0.25) is 4.79 Å². The number of hydrogen-bond donors (Lipinski definition) is 1. The van der Waals surface area contributed by atoms with E-state index < -0.39 is 5.97 Å². The SMILES string of the molecule is O=C(O)C1C2C=CCC1C=C2. The van der Waals surface area contributed by atoms with E-state index in [4.69, 9.17) is 5.11 Å². The number of carboxylic acid groups (broad SMARTS) is 1. The van der Waals surface area contributed by atoms with Crippen LogP contribution >= 0.6 is 0 Å². The zero-order chi connectivity index (χ0) is 7.84. The number of rotatable bonds is 1. The van der Waals surface area contributed by atoms with Gasteiger partial charge in [-0.1, -0.05) is 24.3 Å². The first-order valence-electron chi connectivity index (χ1n) is 3.87. The van der Waals surface area contributed by atoms with Gasteiger partial charge in [-0.05, 0) is 12.3 Å². The Kier molecular flexibility index (Phi) is 1.34. The average Bonchev–Trinajstić information content (AvgIpc) is 2.23. The number of aliphatic carboxylic acids is 1. The van der Waals surface area contributed by atoms with E-state index in [1.54, 1.807) is 0 Å².